The maximum absolute atomic E-state index is 2.41. The van der Waals surface area contributed by atoms with Crippen LogP contribution in [0.5, 0.6) is 0 Å². The molecule has 7 aromatic carbocycles. The first kappa shape index (κ1) is 23.6. The fourth-order valence-corrected chi connectivity index (χ4v) is 7.46. The van der Waals surface area contributed by atoms with Crippen LogP contribution in [0.15, 0.2) is 140 Å². The van der Waals surface area contributed by atoms with Crippen LogP contribution in [0.3, 0.4) is 0 Å². The van der Waals surface area contributed by atoms with E-state index in [0.29, 0.717) is 0 Å². The topological polar surface area (TPSA) is 4.93 Å². The van der Waals surface area contributed by atoms with Crippen molar-refractivity contribution in [2.24, 2.45) is 0 Å². The lowest BCUT2D eigenvalue weighted by Gasteiger charge is -2.22. The molecule has 0 radical (unpaired) electrons. The Kier molecular flexibility index (Phi) is 4.73. The van der Waals surface area contributed by atoms with Gasteiger partial charge in [-0.2, -0.15) is 0 Å². The Labute approximate surface area is 245 Å². The summed E-state index contributed by atoms with van der Waals surface area (Å²) in [5, 5.41) is 7.68. The van der Waals surface area contributed by atoms with E-state index in [9.17, 15) is 0 Å². The highest BCUT2D eigenvalue weighted by Gasteiger charge is 2.35. The Morgan fingerprint density at radius 1 is 0.429 bits per heavy atom. The van der Waals surface area contributed by atoms with E-state index in [1.165, 1.54) is 82.4 Å². The summed E-state index contributed by atoms with van der Waals surface area (Å²) in [5.41, 5.74) is 11.8. The summed E-state index contributed by atoms with van der Waals surface area (Å²) in [7, 11) is 0. The standard InChI is InChI=1S/C41H29N/c1-41(2)37-12-6-3-9-33(37)34-21-18-27(25-38(34)41)26-17-20-31-28(23-26)15-16-29-24-30(19-22-32(29)31)42-39-13-7-4-10-35(39)36-11-5-8-14-40(36)42/h3-25H,1-2H3. The average molecular weight is 536 g/mol. The molecule has 1 aliphatic rings. The van der Waals surface area contributed by atoms with E-state index in [0.717, 1.165) is 0 Å². The number of nitrogens with zero attached hydrogens (tertiary/aromatic N) is 1. The second-order valence-electron chi connectivity index (χ2n) is 12.2. The van der Waals surface area contributed by atoms with Crippen molar-refractivity contribution in [2.45, 2.75) is 19.3 Å². The van der Waals surface area contributed by atoms with E-state index >= 15 is 0 Å². The summed E-state index contributed by atoms with van der Waals surface area (Å²) >= 11 is 0. The van der Waals surface area contributed by atoms with Crippen molar-refractivity contribution in [2.75, 3.05) is 0 Å². The zero-order valence-electron chi connectivity index (χ0n) is 23.7. The van der Waals surface area contributed by atoms with Crippen LogP contribution < -0.4 is 0 Å². The van der Waals surface area contributed by atoms with Gasteiger partial charge in [-0.05, 0) is 91.3 Å². The SMILES string of the molecule is CC1(C)c2ccccc2-c2ccc(-c3ccc4c(ccc5cc(-n6c7ccccc7c7ccccc76)ccc54)c3)cc21. The van der Waals surface area contributed by atoms with Gasteiger partial charge in [-0.25, -0.2) is 0 Å². The van der Waals surface area contributed by atoms with Crippen LogP contribution in [0.4, 0.5) is 0 Å². The molecule has 0 atom stereocenters. The van der Waals surface area contributed by atoms with Gasteiger partial charge in [0, 0.05) is 21.9 Å². The fraction of sp³-hybridized carbons (Fsp3) is 0.0732. The van der Waals surface area contributed by atoms with E-state index in [4.69, 9.17) is 0 Å². The largest absolute Gasteiger partial charge is 0.309 e. The second kappa shape index (κ2) is 8.44. The molecule has 1 aliphatic carbocycles. The van der Waals surface area contributed by atoms with Gasteiger partial charge >= 0.3 is 0 Å². The molecule has 1 heteroatoms. The monoisotopic (exact) mass is 535 g/mol. The maximum atomic E-state index is 2.41. The molecule has 1 heterocycles. The molecular formula is C41H29N. The summed E-state index contributed by atoms with van der Waals surface area (Å²) in [4.78, 5) is 0. The van der Waals surface area contributed by atoms with Gasteiger partial charge in [0.2, 0.25) is 0 Å². The number of para-hydroxylation sites is 2. The van der Waals surface area contributed by atoms with Crippen molar-refractivity contribution in [3.63, 3.8) is 0 Å². The van der Waals surface area contributed by atoms with E-state index in [2.05, 4.69) is 158 Å². The number of fused-ring (bicyclic) bond motifs is 9. The summed E-state index contributed by atoms with van der Waals surface area (Å²) in [5.74, 6) is 0. The Hall–Kier alpha value is -5.14. The summed E-state index contributed by atoms with van der Waals surface area (Å²) in [6, 6.07) is 51.7. The van der Waals surface area contributed by atoms with Crippen LogP contribution in [0, 0.1) is 0 Å². The third-order valence-electron chi connectivity index (χ3n) is 9.57. The highest BCUT2D eigenvalue weighted by Crippen LogP contribution is 2.49. The molecule has 8 aromatic rings. The molecule has 0 fully saturated rings. The summed E-state index contributed by atoms with van der Waals surface area (Å²) in [6.07, 6.45) is 0. The molecule has 0 saturated heterocycles. The lowest BCUT2D eigenvalue weighted by Crippen LogP contribution is -2.14. The Balaban J connectivity index is 1.16. The molecule has 42 heavy (non-hydrogen) atoms. The maximum Gasteiger partial charge on any atom is 0.0541 e. The van der Waals surface area contributed by atoms with Gasteiger partial charge in [-0.3, -0.25) is 0 Å². The van der Waals surface area contributed by atoms with Crippen molar-refractivity contribution >= 4 is 43.4 Å². The molecule has 0 saturated carbocycles. The number of benzene rings is 7. The van der Waals surface area contributed by atoms with Gasteiger partial charge in [0.15, 0.2) is 0 Å². The lowest BCUT2D eigenvalue weighted by molar-refractivity contribution is 0.660. The Morgan fingerprint density at radius 2 is 1.00 bits per heavy atom. The molecule has 198 valence electrons. The van der Waals surface area contributed by atoms with E-state index in [-0.39, 0.29) is 5.41 Å². The molecule has 0 spiro atoms. The molecule has 9 rings (SSSR count). The number of aromatic nitrogens is 1. The van der Waals surface area contributed by atoms with Crippen LogP contribution in [0.25, 0.3) is 71.3 Å². The van der Waals surface area contributed by atoms with Gasteiger partial charge < -0.3 is 4.57 Å². The summed E-state index contributed by atoms with van der Waals surface area (Å²) < 4.78 is 2.39. The molecule has 0 bridgehead atoms. The Morgan fingerprint density at radius 3 is 1.76 bits per heavy atom. The van der Waals surface area contributed by atoms with Gasteiger partial charge in [0.25, 0.3) is 0 Å². The third-order valence-corrected chi connectivity index (χ3v) is 9.57. The van der Waals surface area contributed by atoms with E-state index < -0.39 is 0 Å². The first-order valence-corrected chi connectivity index (χ1v) is 14.8. The van der Waals surface area contributed by atoms with Crippen molar-refractivity contribution in [1.82, 2.24) is 4.57 Å². The molecule has 0 N–H and O–H groups in total. The molecular weight excluding hydrogens is 506 g/mol. The van der Waals surface area contributed by atoms with Crippen LogP contribution in [0.2, 0.25) is 0 Å². The first-order chi connectivity index (χ1) is 20.6. The van der Waals surface area contributed by atoms with Crippen LogP contribution in [0.1, 0.15) is 25.0 Å². The van der Waals surface area contributed by atoms with Crippen molar-refractivity contribution in [3.8, 4) is 27.9 Å². The predicted octanol–water partition coefficient (Wildman–Crippen LogP) is 11.1. The van der Waals surface area contributed by atoms with Gasteiger partial charge in [-0.15, -0.1) is 0 Å². The van der Waals surface area contributed by atoms with Crippen LogP contribution >= 0.6 is 0 Å². The minimum absolute atomic E-state index is 0.00304. The van der Waals surface area contributed by atoms with Crippen molar-refractivity contribution < 1.29 is 0 Å². The molecule has 0 aliphatic heterocycles. The van der Waals surface area contributed by atoms with Gasteiger partial charge in [0.05, 0.1) is 11.0 Å². The first-order valence-electron chi connectivity index (χ1n) is 14.8. The minimum Gasteiger partial charge on any atom is -0.309 e. The number of hydrogen-bond acceptors (Lipinski definition) is 0. The zero-order valence-corrected chi connectivity index (χ0v) is 23.7. The highest BCUT2D eigenvalue weighted by molar-refractivity contribution is 6.11. The van der Waals surface area contributed by atoms with E-state index in [1.807, 2.05) is 0 Å². The van der Waals surface area contributed by atoms with Crippen molar-refractivity contribution in [3.05, 3.63) is 151 Å². The van der Waals surface area contributed by atoms with Crippen molar-refractivity contribution in [1.29, 1.82) is 0 Å². The second-order valence-corrected chi connectivity index (χ2v) is 12.2. The minimum atomic E-state index is 0.00304. The molecule has 1 aromatic heterocycles. The van der Waals surface area contributed by atoms with Gasteiger partial charge in [-0.1, -0.05) is 117 Å². The fourth-order valence-electron chi connectivity index (χ4n) is 7.46. The smallest absolute Gasteiger partial charge is 0.0541 e. The average Bonchev–Trinajstić information content (AvgIpc) is 3.49. The zero-order chi connectivity index (χ0) is 28.0. The normalized spacial score (nSPS) is 13.7. The quantitative estimate of drug-likeness (QED) is 0.194. The highest BCUT2D eigenvalue weighted by atomic mass is 15.0. The number of rotatable bonds is 2. The molecule has 0 amide bonds. The van der Waals surface area contributed by atoms with E-state index in [1.54, 1.807) is 0 Å². The molecule has 0 unspecified atom stereocenters. The summed E-state index contributed by atoms with van der Waals surface area (Å²) in [6.45, 7) is 4.70. The lowest BCUT2D eigenvalue weighted by atomic mass is 9.81. The van der Waals surface area contributed by atoms with Crippen LogP contribution in [-0.4, -0.2) is 4.57 Å². The molecule has 1 nitrogen and oxygen atoms in total. The van der Waals surface area contributed by atoms with Gasteiger partial charge in [0.1, 0.15) is 0 Å². The third kappa shape index (κ3) is 3.19. The number of hydrogen-bond donors (Lipinski definition) is 0. The van der Waals surface area contributed by atoms with Crippen LogP contribution in [-0.2, 0) is 5.41 Å². The predicted molar refractivity (Wildman–Crippen MR) is 179 cm³/mol. The Bertz CT molecular complexity index is 2330.